The van der Waals surface area contributed by atoms with Gasteiger partial charge in [-0.1, -0.05) is 5.92 Å². The average molecular weight is 178 g/mol. The topological polar surface area (TPSA) is 17.1 Å². The monoisotopic (exact) mass is 178 g/mol. The fourth-order valence-corrected chi connectivity index (χ4v) is 1.87. The predicted molar refractivity (Wildman–Crippen MR) is 51.6 cm³/mol. The number of ketones is 1. The zero-order valence-corrected chi connectivity index (χ0v) is 7.99. The third-order valence-electron chi connectivity index (χ3n) is 1.85. The molecule has 0 aliphatic heterocycles. The van der Waals surface area contributed by atoms with Crippen LogP contribution in [-0.2, 0) is 0 Å². The molecular weight excluding hydrogens is 168 g/mol. The average Bonchev–Trinajstić information content (AvgIpc) is 2.34. The molecule has 0 bridgehead atoms. The van der Waals surface area contributed by atoms with Crippen LogP contribution in [0.25, 0.3) is 0 Å². The lowest BCUT2D eigenvalue weighted by molar-refractivity contribution is 0.0998. The Kier molecular flexibility index (Phi) is 2.67. The van der Waals surface area contributed by atoms with Gasteiger partial charge in [0.05, 0.1) is 6.42 Å². The minimum Gasteiger partial charge on any atom is -0.293 e. The molecule has 0 saturated heterocycles. The normalized spacial score (nSPS) is 9.42. The maximum Gasteiger partial charge on any atom is 0.175 e. The molecule has 62 valence electrons. The third-order valence-corrected chi connectivity index (χ3v) is 2.86. The molecule has 1 nitrogen and oxygen atoms in total. The maximum absolute atomic E-state index is 11.3. The minimum absolute atomic E-state index is 0.0550. The Labute approximate surface area is 76.4 Å². The zero-order valence-electron chi connectivity index (χ0n) is 7.18. The molecular formula is C10H10OS. The van der Waals surface area contributed by atoms with E-state index in [1.165, 1.54) is 4.88 Å². The summed E-state index contributed by atoms with van der Waals surface area (Å²) in [5.74, 6) is 2.41. The van der Waals surface area contributed by atoms with Crippen molar-refractivity contribution in [3.8, 4) is 12.3 Å². The van der Waals surface area contributed by atoms with Crippen molar-refractivity contribution in [2.24, 2.45) is 0 Å². The van der Waals surface area contributed by atoms with Crippen LogP contribution < -0.4 is 0 Å². The molecule has 0 unspecified atom stereocenters. The predicted octanol–water partition coefficient (Wildman–Crippen LogP) is 2.57. The van der Waals surface area contributed by atoms with E-state index in [-0.39, 0.29) is 12.2 Å². The van der Waals surface area contributed by atoms with E-state index in [9.17, 15) is 4.79 Å². The van der Waals surface area contributed by atoms with Gasteiger partial charge in [-0.3, -0.25) is 4.79 Å². The first kappa shape index (κ1) is 9.02. The smallest absolute Gasteiger partial charge is 0.175 e. The molecule has 0 radical (unpaired) electrons. The molecule has 1 rings (SSSR count). The Hall–Kier alpha value is -1.07. The zero-order chi connectivity index (χ0) is 9.14. The second-order valence-corrected chi connectivity index (χ2v) is 3.72. The summed E-state index contributed by atoms with van der Waals surface area (Å²) in [6.07, 6.45) is 5.26. The lowest BCUT2D eigenvalue weighted by Gasteiger charge is -1.94. The summed E-state index contributed by atoms with van der Waals surface area (Å²) in [7, 11) is 0. The van der Waals surface area contributed by atoms with Gasteiger partial charge in [0, 0.05) is 15.8 Å². The first-order valence-electron chi connectivity index (χ1n) is 3.68. The molecule has 0 aromatic carbocycles. The fraction of sp³-hybridized carbons (Fsp3) is 0.300. The van der Waals surface area contributed by atoms with Gasteiger partial charge in [-0.15, -0.1) is 17.8 Å². The summed E-state index contributed by atoms with van der Waals surface area (Å²) in [5, 5.41) is 1.88. The molecule has 0 amide bonds. The molecule has 0 aliphatic carbocycles. The second kappa shape index (κ2) is 3.55. The van der Waals surface area contributed by atoms with Crippen LogP contribution in [0.15, 0.2) is 5.38 Å². The highest BCUT2D eigenvalue weighted by molar-refractivity contribution is 7.10. The van der Waals surface area contributed by atoms with Crippen molar-refractivity contribution in [2.75, 3.05) is 0 Å². The van der Waals surface area contributed by atoms with Crippen molar-refractivity contribution in [1.82, 2.24) is 0 Å². The van der Waals surface area contributed by atoms with E-state index in [1.807, 2.05) is 19.2 Å². The van der Waals surface area contributed by atoms with Crippen molar-refractivity contribution >= 4 is 17.1 Å². The molecule has 0 aliphatic rings. The van der Waals surface area contributed by atoms with Crippen LogP contribution in [0.4, 0.5) is 0 Å². The summed E-state index contributed by atoms with van der Waals surface area (Å²) in [6.45, 7) is 3.96. The second-order valence-electron chi connectivity index (χ2n) is 2.63. The van der Waals surface area contributed by atoms with E-state index in [4.69, 9.17) is 6.42 Å². The van der Waals surface area contributed by atoms with Gasteiger partial charge in [0.15, 0.2) is 5.78 Å². The molecule has 12 heavy (non-hydrogen) atoms. The summed E-state index contributed by atoms with van der Waals surface area (Å²) >= 11 is 1.60. The summed E-state index contributed by atoms with van der Waals surface area (Å²) in [4.78, 5) is 12.5. The van der Waals surface area contributed by atoms with Crippen molar-refractivity contribution in [3.63, 3.8) is 0 Å². The Morgan fingerprint density at radius 2 is 2.33 bits per heavy atom. The number of aryl methyl sites for hydroxylation is 1. The summed E-state index contributed by atoms with van der Waals surface area (Å²) in [6, 6.07) is 0. The van der Waals surface area contributed by atoms with Crippen molar-refractivity contribution in [2.45, 2.75) is 20.3 Å². The van der Waals surface area contributed by atoms with E-state index < -0.39 is 0 Å². The fourth-order valence-electron chi connectivity index (χ4n) is 0.977. The number of hydrogen-bond acceptors (Lipinski definition) is 2. The Balaban J connectivity index is 2.97. The van der Waals surface area contributed by atoms with Crippen LogP contribution in [0.2, 0.25) is 0 Å². The van der Waals surface area contributed by atoms with E-state index in [0.717, 1.165) is 11.1 Å². The van der Waals surface area contributed by atoms with E-state index in [0.29, 0.717) is 0 Å². The Morgan fingerprint density at radius 3 is 2.75 bits per heavy atom. The van der Waals surface area contributed by atoms with Gasteiger partial charge in [-0.25, -0.2) is 0 Å². The lowest BCUT2D eigenvalue weighted by atomic mass is 10.1. The van der Waals surface area contributed by atoms with E-state index in [1.54, 1.807) is 11.3 Å². The van der Waals surface area contributed by atoms with Gasteiger partial charge < -0.3 is 0 Å². The van der Waals surface area contributed by atoms with E-state index in [2.05, 4.69) is 5.92 Å². The largest absolute Gasteiger partial charge is 0.293 e. The van der Waals surface area contributed by atoms with Crippen molar-refractivity contribution in [3.05, 3.63) is 21.4 Å². The van der Waals surface area contributed by atoms with Gasteiger partial charge >= 0.3 is 0 Å². The standard InChI is InChI=1S/C10H10OS/c1-4-5-10(11)9-6-12-8(3)7(9)2/h1,6H,5H2,2-3H3. The minimum atomic E-state index is 0.0550. The molecule has 1 aromatic rings. The van der Waals surface area contributed by atoms with Gasteiger partial charge in [0.25, 0.3) is 0 Å². The Bertz CT molecular complexity index is 341. The number of carbonyl (C=O) groups is 1. The number of Topliss-reactive ketones (excluding diaryl/α,β-unsaturated/α-hetero) is 1. The quantitative estimate of drug-likeness (QED) is 0.502. The first-order chi connectivity index (χ1) is 5.66. The molecule has 0 spiro atoms. The van der Waals surface area contributed by atoms with Crippen LogP contribution in [0.3, 0.4) is 0 Å². The third kappa shape index (κ3) is 1.57. The molecule has 1 heterocycles. The molecule has 0 fully saturated rings. The maximum atomic E-state index is 11.3. The van der Waals surface area contributed by atoms with Crippen LogP contribution >= 0.6 is 11.3 Å². The summed E-state index contributed by atoms with van der Waals surface area (Å²) < 4.78 is 0. The number of thiophene rings is 1. The highest BCUT2D eigenvalue weighted by Crippen LogP contribution is 2.21. The van der Waals surface area contributed by atoms with Gasteiger partial charge in [-0.2, -0.15) is 0 Å². The van der Waals surface area contributed by atoms with Gasteiger partial charge in [-0.05, 0) is 19.4 Å². The van der Waals surface area contributed by atoms with Gasteiger partial charge in [0.1, 0.15) is 0 Å². The highest BCUT2D eigenvalue weighted by Gasteiger charge is 2.10. The number of terminal acetylenes is 1. The van der Waals surface area contributed by atoms with Crippen LogP contribution in [-0.4, -0.2) is 5.78 Å². The number of hydrogen-bond donors (Lipinski definition) is 0. The highest BCUT2D eigenvalue weighted by atomic mass is 32.1. The molecule has 0 atom stereocenters. The van der Waals surface area contributed by atoms with Crippen molar-refractivity contribution in [1.29, 1.82) is 0 Å². The Morgan fingerprint density at radius 1 is 1.67 bits per heavy atom. The number of rotatable bonds is 2. The van der Waals surface area contributed by atoms with Crippen LogP contribution in [0.1, 0.15) is 27.2 Å². The van der Waals surface area contributed by atoms with Crippen LogP contribution in [0.5, 0.6) is 0 Å². The SMILES string of the molecule is C#CCC(=O)c1csc(C)c1C. The van der Waals surface area contributed by atoms with Crippen LogP contribution in [0, 0.1) is 26.2 Å². The molecule has 0 N–H and O–H groups in total. The molecule has 2 heteroatoms. The summed E-state index contributed by atoms with van der Waals surface area (Å²) in [5.41, 5.74) is 1.86. The van der Waals surface area contributed by atoms with E-state index >= 15 is 0 Å². The molecule has 0 saturated carbocycles. The lowest BCUT2D eigenvalue weighted by Crippen LogP contribution is -1.97. The molecule has 1 aromatic heterocycles. The van der Waals surface area contributed by atoms with Gasteiger partial charge in [0.2, 0.25) is 0 Å². The number of carbonyl (C=O) groups excluding carboxylic acids is 1. The van der Waals surface area contributed by atoms with Crippen molar-refractivity contribution < 1.29 is 4.79 Å². The first-order valence-corrected chi connectivity index (χ1v) is 4.56.